The number of nitrogens with two attached hydrogens (primary N) is 1. The summed E-state index contributed by atoms with van der Waals surface area (Å²) >= 11 is 1.55. The number of nitrogen functional groups attached to an aromatic ring is 1. The summed E-state index contributed by atoms with van der Waals surface area (Å²) in [5, 5.41) is 13.1. The summed E-state index contributed by atoms with van der Waals surface area (Å²) in [4.78, 5) is 26.2. The average Bonchev–Trinajstić information content (AvgIpc) is 2.85. The molecule has 196 valence electrons. The lowest BCUT2D eigenvalue weighted by Gasteiger charge is -2.23. The zero-order valence-corrected chi connectivity index (χ0v) is 22.3. The summed E-state index contributed by atoms with van der Waals surface area (Å²) in [6.45, 7) is 1.99. The molecule has 0 spiro atoms. The van der Waals surface area contributed by atoms with Gasteiger partial charge in [-0.05, 0) is 42.4 Å². The Bertz CT molecular complexity index is 1110. The van der Waals surface area contributed by atoms with Crippen LogP contribution in [0.3, 0.4) is 0 Å². The standard InChI is InChI=1S/C25H35N5O4S2/c1-3-15-36(33,34)30-22(16-18-7-5-4-6-8-18)25(32)29-21(13-14-35-2)24(31)28-17-19-9-11-20(12-10-19)23(26)27/h4-12,21-22,30H,3,13-17H2,1-2H3,(H3,26,27)(H,28,31)(H,29,32)/t21-,22+/m0/s1. The van der Waals surface area contributed by atoms with Gasteiger partial charge in [-0.3, -0.25) is 15.0 Å². The highest BCUT2D eigenvalue weighted by molar-refractivity contribution is 7.98. The molecule has 2 rings (SSSR count). The van der Waals surface area contributed by atoms with Gasteiger partial charge < -0.3 is 16.4 Å². The molecule has 0 heterocycles. The minimum absolute atomic E-state index is 0.0370. The van der Waals surface area contributed by atoms with Gasteiger partial charge in [0.05, 0.1) is 5.75 Å². The monoisotopic (exact) mass is 533 g/mol. The molecular formula is C25H35N5O4S2. The Morgan fingerprint density at radius 1 is 1.00 bits per heavy atom. The molecule has 36 heavy (non-hydrogen) atoms. The number of hydrogen-bond donors (Lipinski definition) is 5. The fourth-order valence-corrected chi connectivity index (χ4v) is 5.22. The first-order valence-corrected chi connectivity index (χ1v) is 14.7. The molecule has 9 nitrogen and oxygen atoms in total. The first-order chi connectivity index (χ1) is 17.1. The molecule has 0 aliphatic heterocycles. The van der Waals surface area contributed by atoms with Crippen molar-refractivity contribution in [2.24, 2.45) is 5.73 Å². The third kappa shape index (κ3) is 10.00. The second-order valence-corrected chi connectivity index (χ2v) is 11.2. The van der Waals surface area contributed by atoms with E-state index in [0.29, 0.717) is 24.2 Å². The number of nitrogens with one attached hydrogen (secondary N) is 4. The van der Waals surface area contributed by atoms with Gasteiger partial charge in [0.1, 0.15) is 17.9 Å². The summed E-state index contributed by atoms with van der Waals surface area (Å²) in [6.07, 6.45) is 2.88. The normalized spacial score (nSPS) is 12.9. The molecule has 2 aromatic carbocycles. The smallest absolute Gasteiger partial charge is 0.242 e. The van der Waals surface area contributed by atoms with Gasteiger partial charge in [0.2, 0.25) is 21.8 Å². The first-order valence-electron chi connectivity index (χ1n) is 11.7. The highest BCUT2D eigenvalue weighted by Gasteiger charge is 2.28. The Labute approximate surface area is 217 Å². The predicted molar refractivity (Wildman–Crippen MR) is 145 cm³/mol. The number of thioether (sulfide) groups is 1. The number of carbonyl (C=O) groups excluding carboxylic acids is 2. The molecule has 0 fully saturated rings. The third-order valence-electron chi connectivity index (χ3n) is 5.37. The van der Waals surface area contributed by atoms with Crippen LogP contribution < -0.4 is 21.1 Å². The topological polar surface area (TPSA) is 154 Å². The number of amidine groups is 1. The number of amides is 2. The highest BCUT2D eigenvalue weighted by atomic mass is 32.2. The summed E-state index contributed by atoms with van der Waals surface area (Å²) in [7, 11) is -3.66. The number of sulfonamides is 1. The fraction of sp³-hybridized carbons (Fsp3) is 0.400. The fourth-order valence-electron chi connectivity index (χ4n) is 3.47. The lowest BCUT2D eigenvalue weighted by Crippen LogP contribution is -2.54. The minimum atomic E-state index is -3.66. The van der Waals surface area contributed by atoms with Crippen LogP contribution in [0.4, 0.5) is 0 Å². The Morgan fingerprint density at radius 3 is 2.25 bits per heavy atom. The molecule has 2 amide bonds. The average molecular weight is 534 g/mol. The van der Waals surface area contributed by atoms with Crippen LogP contribution >= 0.6 is 11.8 Å². The van der Waals surface area contributed by atoms with Gasteiger partial charge >= 0.3 is 0 Å². The van der Waals surface area contributed by atoms with Crippen molar-refractivity contribution in [2.45, 2.75) is 44.8 Å². The molecule has 0 radical (unpaired) electrons. The van der Waals surface area contributed by atoms with Crippen molar-refractivity contribution in [1.29, 1.82) is 5.41 Å². The highest BCUT2D eigenvalue weighted by Crippen LogP contribution is 2.09. The number of hydrogen-bond acceptors (Lipinski definition) is 6. The second-order valence-electron chi connectivity index (χ2n) is 8.35. The van der Waals surface area contributed by atoms with E-state index < -0.39 is 28.0 Å². The molecule has 0 saturated carbocycles. The maximum absolute atomic E-state index is 13.2. The van der Waals surface area contributed by atoms with Crippen LogP contribution in [0.5, 0.6) is 0 Å². The van der Waals surface area contributed by atoms with Crippen molar-refractivity contribution in [3.05, 3.63) is 71.3 Å². The van der Waals surface area contributed by atoms with Gasteiger partial charge in [0, 0.05) is 12.1 Å². The quantitative estimate of drug-likeness (QED) is 0.174. The van der Waals surface area contributed by atoms with E-state index in [1.807, 2.05) is 36.6 Å². The van der Waals surface area contributed by atoms with Gasteiger partial charge in [0.25, 0.3) is 0 Å². The van der Waals surface area contributed by atoms with Crippen molar-refractivity contribution in [2.75, 3.05) is 17.8 Å². The molecule has 0 saturated heterocycles. The minimum Gasteiger partial charge on any atom is -0.384 e. The summed E-state index contributed by atoms with van der Waals surface area (Å²) in [5.74, 6) is -0.403. The van der Waals surface area contributed by atoms with Crippen LogP contribution in [0, 0.1) is 5.41 Å². The lowest BCUT2D eigenvalue weighted by molar-refractivity contribution is -0.129. The van der Waals surface area contributed by atoms with E-state index in [1.165, 1.54) is 0 Å². The zero-order valence-electron chi connectivity index (χ0n) is 20.6. The zero-order chi connectivity index (χ0) is 26.6. The molecule has 0 aliphatic rings. The van der Waals surface area contributed by atoms with E-state index in [9.17, 15) is 18.0 Å². The van der Waals surface area contributed by atoms with Crippen LogP contribution in [0.15, 0.2) is 54.6 Å². The second kappa shape index (κ2) is 14.6. The van der Waals surface area contributed by atoms with Gasteiger partial charge in [-0.2, -0.15) is 11.8 Å². The lowest BCUT2D eigenvalue weighted by atomic mass is 10.1. The number of benzene rings is 2. The largest absolute Gasteiger partial charge is 0.384 e. The van der Waals surface area contributed by atoms with E-state index in [2.05, 4.69) is 15.4 Å². The maximum atomic E-state index is 13.2. The first kappa shape index (κ1) is 29.3. The van der Waals surface area contributed by atoms with E-state index in [4.69, 9.17) is 11.1 Å². The number of rotatable bonds is 15. The summed E-state index contributed by atoms with van der Waals surface area (Å²) in [6, 6.07) is 14.2. The van der Waals surface area contributed by atoms with Crippen LogP contribution in [-0.2, 0) is 32.6 Å². The van der Waals surface area contributed by atoms with Crippen molar-refractivity contribution < 1.29 is 18.0 Å². The Morgan fingerprint density at radius 2 is 1.67 bits per heavy atom. The van der Waals surface area contributed by atoms with Crippen molar-refractivity contribution in [3.63, 3.8) is 0 Å². The molecule has 6 N–H and O–H groups in total. The van der Waals surface area contributed by atoms with Crippen LogP contribution in [0.1, 0.15) is 36.5 Å². The van der Waals surface area contributed by atoms with E-state index in [0.717, 1.165) is 11.1 Å². The van der Waals surface area contributed by atoms with Gasteiger partial charge in [0.15, 0.2) is 0 Å². The molecule has 11 heteroatoms. The van der Waals surface area contributed by atoms with E-state index in [1.54, 1.807) is 43.0 Å². The van der Waals surface area contributed by atoms with Crippen LogP contribution in [0.2, 0.25) is 0 Å². The predicted octanol–water partition coefficient (Wildman–Crippen LogP) is 1.77. The Hall–Kier alpha value is -2.89. The van der Waals surface area contributed by atoms with Crippen LogP contribution in [-0.4, -0.2) is 55.9 Å². The van der Waals surface area contributed by atoms with Crippen molar-refractivity contribution in [3.8, 4) is 0 Å². The third-order valence-corrected chi connectivity index (χ3v) is 7.60. The van der Waals surface area contributed by atoms with Crippen molar-refractivity contribution in [1.82, 2.24) is 15.4 Å². The molecular weight excluding hydrogens is 498 g/mol. The maximum Gasteiger partial charge on any atom is 0.242 e. The van der Waals surface area contributed by atoms with Crippen LogP contribution in [0.25, 0.3) is 0 Å². The van der Waals surface area contributed by atoms with Gasteiger partial charge in [-0.15, -0.1) is 0 Å². The van der Waals surface area contributed by atoms with E-state index in [-0.39, 0.29) is 30.5 Å². The van der Waals surface area contributed by atoms with E-state index >= 15 is 0 Å². The Kier molecular flexibility index (Phi) is 11.9. The molecule has 2 atom stereocenters. The van der Waals surface area contributed by atoms with Gasteiger partial charge in [-0.1, -0.05) is 61.5 Å². The molecule has 0 bridgehead atoms. The molecule has 0 aromatic heterocycles. The SMILES string of the molecule is CCCS(=O)(=O)N[C@H](Cc1ccccc1)C(=O)N[C@@H](CCSC)C(=O)NCc1ccc(C(=N)N)cc1. The molecule has 2 aromatic rings. The summed E-state index contributed by atoms with van der Waals surface area (Å²) < 4.78 is 27.4. The molecule has 0 aliphatic carbocycles. The Balaban J connectivity index is 2.12. The van der Waals surface area contributed by atoms with Crippen molar-refractivity contribution >= 4 is 39.4 Å². The van der Waals surface area contributed by atoms with Gasteiger partial charge in [-0.25, -0.2) is 13.1 Å². The number of carbonyl (C=O) groups is 2. The molecule has 0 unspecified atom stereocenters. The summed E-state index contributed by atoms with van der Waals surface area (Å²) in [5.41, 5.74) is 7.68.